The van der Waals surface area contributed by atoms with Gasteiger partial charge in [-0.05, 0) is 25.7 Å². The molecule has 1 heterocycles. The van der Waals surface area contributed by atoms with E-state index in [0.717, 1.165) is 32.3 Å². The van der Waals surface area contributed by atoms with E-state index in [0.29, 0.717) is 0 Å². The van der Waals surface area contributed by atoms with Crippen LogP contribution in [-0.2, 0) is 14.3 Å². The molecule has 0 aromatic rings. The molecule has 15 heavy (non-hydrogen) atoms. The summed E-state index contributed by atoms with van der Waals surface area (Å²) < 4.78 is 10.5. The minimum absolute atomic E-state index is 0.0537. The SMILES string of the molecule is COC(=O)/C=C1/CCOC2(CCCC2)C1. The number of esters is 1. The molecule has 0 N–H and O–H groups in total. The maximum absolute atomic E-state index is 11.1. The highest BCUT2D eigenvalue weighted by molar-refractivity contribution is 5.82. The molecule has 0 aromatic heterocycles. The Morgan fingerprint density at radius 1 is 1.47 bits per heavy atom. The third kappa shape index (κ3) is 2.40. The Morgan fingerprint density at radius 3 is 2.87 bits per heavy atom. The summed E-state index contributed by atoms with van der Waals surface area (Å²) in [5.41, 5.74) is 1.24. The van der Waals surface area contributed by atoms with E-state index >= 15 is 0 Å². The second kappa shape index (κ2) is 4.35. The molecule has 0 bridgehead atoms. The van der Waals surface area contributed by atoms with Gasteiger partial charge in [-0.25, -0.2) is 4.79 Å². The minimum Gasteiger partial charge on any atom is -0.466 e. The molecule has 2 fully saturated rings. The number of rotatable bonds is 1. The van der Waals surface area contributed by atoms with E-state index < -0.39 is 0 Å². The van der Waals surface area contributed by atoms with Crippen LogP contribution in [0.5, 0.6) is 0 Å². The Hall–Kier alpha value is -0.830. The summed E-state index contributed by atoms with van der Waals surface area (Å²) in [4.78, 5) is 11.1. The van der Waals surface area contributed by atoms with Crippen LogP contribution >= 0.6 is 0 Å². The molecule has 1 aliphatic heterocycles. The quantitative estimate of drug-likeness (QED) is 0.491. The summed E-state index contributed by atoms with van der Waals surface area (Å²) in [5, 5.41) is 0. The van der Waals surface area contributed by atoms with E-state index in [-0.39, 0.29) is 11.6 Å². The van der Waals surface area contributed by atoms with E-state index in [9.17, 15) is 4.79 Å². The smallest absolute Gasteiger partial charge is 0.330 e. The molecule has 0 radical (unpaired) electrons. The Labute approximate surface area is 90.4 Å². The Kier molecular flexibility index (Phi) is 3.10. The van der Waals surface area contributed by atoms with Crippen molar-refractivity contribution in [3.8, 4) is 0 Å². The zero-order valence-electron chi connectivity index (χ0n) is 9.25. The highest BCUT2D eigenvalue weighted by Crippen LogP contribution is 2.41. The largest absolute Gasteiger partial charge is 0.466 e. The van der Waals surface area contributed by atoms with Gasteiger partial charge < -0.3 is 9.47 Å². The van der Waals surface area contributed by atoms with Crippen molar-refractivity contribution in [2.75, 3.05) is 13.7 Å². The molecule has 1 spiro atoms. The fourth-order valence-corrected chi connectivity index (χ4v) is 2.64. The van der Waals surface area contributed by atoms with Crippen molar-refractivity contribution in [3.05, 3.63) is 11.6 Å². The van der Waals surface area contributed by atoms with E-state index in [2.05, 4.69) is 4.74 Å². The lowest BCUT2D eigenvalue weighted by Crippen LogP contribution is -2.34. The first-order valence-corrected chi connectivity index (χ1v) is 5.65. The standard InChI is InChI=1S/C12H18O3/c1-14-11(13)8-10-4-7-15-12(9-10)5-2-3-6-12/h8H,2-7,9H2,1H3/b10-8-. The van der Waals surface area contributed by atoms with Crippen molar-refractivity contribution in [1.29, 1.82) is 0 Å². The average molecular weight is 210 g/mol. The third-order valence-electron chi connectivity index (χ3n) is 3.42. The molecule has 0 aromatic carbocycles. The molecule has 1 saturated carbocycles. The summed E-state index contributed by atoms with van der Waals surface area (Å²) in [7, 11) is 1.42. The van der Waals surface area contributed by atoms with Gasteiger partial charge in [0.25, 0.3) is 0 Å². The van der Waals surface area contributed by atoms with Gasteiger partial charge >= 0.3 is 5.97 Å². The van der Waals surface area contributed by atoms with E-state index in [4.69, 9.17) is 4.74 Å². The van der Waals surface area contributed by atoms with Gasteiger partial charge in [0.2, 0.25) is 0 Å². The van der Waals surface area contributed by atoms with Crippen molar-refractivity contribution in [1.82, 2.24) is 0 Å². The number of hydrogen-bond donors (Lipinski definition) is 0. The summed E-state index contributed by atoms with van der Waals surface area (Å²) in [5.74, 6) is -0.236. The molecule has 1 aliphatic carbocycles. The van der Waals surface area contributed by atoms with Gasteiger partial charge in [0.15, 0.2) is 0 Å². The molecule has 1 saturated heterocycles. The number of carbonyl (C=O) groups excluding carboxylic acids is 1. The summed E-state index contributed by atoms with van der Waals surface area (Å²) >= 11 is 0. The Balaban J connectivity index is 2.03. The van der Waals surface area contributed by atoms with Crippen molar-refractivity contribution in [3.63, 3.8) is 0 Å². The lowest BCUT2D eigenvalue weighted by molar-refractivity contribution is -0.135. The number of ether oxygens (including phenoxy) is 2. The summed E-state index contributed by atoms with van der Waals surface area (Å²) in [6.45, 7) is 0.753. The van der Waals surface area contributed by atoms with Crippen LogP contribution in [0.25, 0.3) is 0 Å². The van der Waals surface area contributed by atoms with Crippen LogP contribution < -0.4 is 0 Å². The maximum atomic E-state index is 11.1. The second-order valence-corrected chi connectivity index (χ2v) is 4.49. The van der Waals surface area contributed by atoms with E-state index in [1.165, 1.54) is 25.5 Å². The van der Waals surface area contributed by atoms with Crippen molar-refractivity contribution >= 4 is 5.97 Å². The van der Waals surface area contributed by atoms with Crippen LogP contribution in [0.2, 0.25) is 0 Å². The van der Waals surface area contributed by atoms with Crippen LogP contribution in [0.15, 0.2) is 11.6 Å². The van der Waals surface area contributed by atoms with Gasteiger partial charge in [0, 0.05) is 6.08 Å². The van der Waals surface area contributed by atoms with Crippen LogP contribution in [0.3, 0.4) is 0 Å². The molecule has 3 nitrogen and oxygen atoms in total. The van der Waals surface area contributed by atoms with Crippen molar-refractivity contribution < 1.29 is 14.3 Å². The fourth-order valence-electron chi connectivity index (χ4n) is 2.64. The lowest BCUT2D eigenvalue weighted by Gasteiger charge is -2.35. The second-order valence-electron chi connectivity index (χ2n) is 4.49. The molecular formula is C12H18O3. The molecule has 0 unspecified atom stereocenters. The maximum Gasteiger partial charge on any atom is 0.330 e. The molecule has 3 heteroatoms. The van der Waals surface area contributed by atoms with Crippen LogP contribution in [0.1, 0.15) is 38.5 Å². The van der Waals surface area contributed by atoms with Crippen molar-refractivity contribution in [2.24, 2.45) is 0 Å². The Bertz CT molecular complexity index is 275. The fraction of sp³-hybridized carbons (Fsp3) is 0.750. The molecular weight excluding hydrogens is 192 g/mol. The Morgan fingerprint density at radius 2 is 2.20 bits per heavy atom. The van der Waals surface area contributed by atoms with E-state index in [1.807, 2.05) is 0 Å². The van der Waals surface area contributed by atoms with Gasteiger partial charge in [0.05, 0.1) is 19.3 Å². The van der Waals surface area contributed by atoms with Crippen LogP contribution in [0.4, 0.5) is 0 Å². The van der Waals surface area contributed by atoms with Crippen molar-refractivity contribution in [2.45, 2.75) is 44.1 Å². The third-order valence-corrected chi connectivity index (χ3v) is 3.42. The van der Waals surface area contributed by atoms with Gasteiger partial charge in [-0.3, -0.25) is 0 Å². The first-order valence-electron chi connectivity index (χ1n) is 5.65. The summed E-state index contributed by atoms with van der Waals surface area (Å²) in [6.07, 6.45) is 8.23. The monoisotopic (exact) mass is 210 g/mol. The van der Waals surface area contributed by atoms with Crippen LogP contribution in [0, 0.1) is 0 Å². The minimum atomic E-state index is -0.236. The highest BCUT2D eigenvalue weighted by atomic mass is 16.5. The van der Waals surface area contributed by atoms with Gasteiger partial charge in [-0.1, -0.05) is 18.4 Å². The topological polar surface area (TPSA) is 35.5 Å². The first kappa shape index (κ1) is 10.7. The van der Waals surface area contributed by atoms with Crippen LogP contribution in [-0.4, -0.2) is 25.3 Å². The predicted molar refractivity (Wildman–Crippen MR) is 56.5 cm³/mol. The molecule has 0 amide bonds. The predicted octanol–water partition coefficient (Wildman–Crippen LogP) is 2.21. The summed E-state index contributed by atoms with van der Waals surface area (Å²) in [6, 6.07) is 0. The zero-order valence-corrected chi connectivity index (χ0v) is 9.25. The van der Waals surface area contributed by atoms with Gasteiger partial charge in [0.1, 0.15) is 0 Å². The molecule has 0 atom stereocenters. The van der Waals surface area contributed by atoms with E-state index in [1.54, 1.807) is 6.08 Å². The molecule has 2 rings (SSSR count). The highest BCUT2D eigenvalue weighted by Gasteiger charge is 2.37. The lowest BCUT2D eigenvalue weighted by atomic mass is 9.88. The molecule has 2 aliphatic rings. The van der Waals surface area contributed by atoms with Gasteiger partial charge in [-0.15, -0.1) is 0 Å². The number of carbonyl (C=O) groups is 1. The zero-order chi connectivity index (χ0) is 10.7. The normalized spacial score (nSPS) is 27.1. The first-order chi connectivity index (χ1) is 7.24. The number of methoxy groups -OCH3 is 1. The van der Waals surface area contributed by atoms with Gasteiger partial charge in [-0.2, -0.15) is 0 Å². The number of hydrogen-bond acceptors (Lipinski definition) is 3. The average Bonchev–Trinajstić information content (AvgIpc) is 2.66. The molecule has 84 valence electrons.